The molecule has 1 aromatic heterocycles. The Morgan fingerprint density at radius 3 is 2.56 bits per heavy atom. The van der Waals surface area contributed by atoms with Crippen LogP contribution in [-0.2, 0) is 20.8 Å². The highest BCUT2D eigenvalue weighted by atomic mass is 16.5. The van der Waals surface area contributed by atoms with E-state index in [0.29, 0.717) is 10.5 Å². The summed E-state index contributed by atoms with van der Waals surface area (Å²) in [5, 5.41) is 44.2. The van der Waals surface area contributed by atoms with Gasteiger partial charge in [0.15, 0.2) is 11.8 Å². The first-order chi connectivity index (χ1) is 18.5. The van der Waals surface area contributed by atoms with Crippen LogP contribution in [0.15, 0.2) is 30.3 Å². The second-order valence-electron chi connectivity index (χ2n) is 8.73. The molecule has 2 aliphatic rings. The number of carbonyl (C=O) groups excluding carboxylic acids is 4. The maximum atomic E-state index is 13.4. The van der Waals surface area contributed by atoms with Gasteiger partial charge >= 0.3 is 30.9 Å². The highest BCUT2D eigenvalue weighted by molar-refractivity contribution is 6.47. The second kappa shape index (κ2) is 10.9. The van der Waals surface area contributed by atoms with E-state index in [1.807, 2.05) is 0 Å². The zero-order valence-corrected chi connectivity index (χ0v) is 20.5. The SMILES string of the molecule is CCN1CCN(C(=O)NC(C(=O)N[C@H]2Cc3cccc(C(=O)O)c3OB2O)c2ccc(O)c(O)n2)C(=O)C1=O. The Morgan fingerprint density at radius 1 is 1.15 bits per heavy atom. The predicted molar refractivity (Wildman–Crippen MR) is 130 cm³/mol. The van der Waals surface area contributed by atoms with Gasteiger partial charge in [0.1, 0.15) is 5.75 Å². The van der Waals surface area contributed by atoms with E-state index in [1.165, 1.54) is 17.0 Å². The zero-order valence-electron chi connectivity index (χ0n) is 20.5. The number of aromatic carboxylic acids is 1. The third-order valence-corrected chi connectivity index (χ3v) is 6.31. The Balaban J connectivity index is 1.57. The van der Waals surface area contributed by atoms with E-state index < -0.39 is 60.5 Å². The average molecular weight is 541 g/mol. The number of imide groups is 1. The predicted octanol–water partition coefficient (Wildman–Crippen LogP) is -1.23. The third kappa shape index (κ3) is 5.40. The van der Waals surface area contributed by atoms with Gasteiger partial charge in [-0.3, -0.25) is 19.3 Å². The zero-order chi connectivity index (χ0) is 28.4. The fraction of sp³-hybridized carbons (Fsp3) is 0.304. The lowest BCUT2D eigenvalue weighted by Crippen LogP contribution is -2.60. The number of fused-ring (bicyclic) bond motifs is 1. The third-order valence-electron chi connectivity index (χ3n) is 6.31. The number of nitrogens with zero attached hydrogens (tertiary/aromatic N) is 3. The van der Waals surface area contributed by atoms with Crippen molar-refractivity contribution in [3.8, 4) is 17.4 Å². The molecule has 0 spiro atoms. The van der Waals surface area contributed by atoms with E-state index in [9.17, 15) is 44.3 Å². The van der Waals surface area contributed by atoms with Crippen LogP contribution >= 0.6 is 0 Å². The van der Waals surface area contributed by atoms with Gasteiger partial charge in [-0.1, -0.05) is 12.1 Å². The minimum absolute atomic E-state index is 0.0375. The van der Waals surface area contributed by atoms with Gasteiger partial charge in [-0.25, -0.2) is 14.6 Å². The van der Waals surface area contributed by atoms with Crippen molar-refractivity contribution < 1.29 is 49.0 Å². The van der Waals surface area contributed by atoms with Crippen molar-refractivity contribution in [2.75, 3.05) is 19.6 Å². The number of piperazine rings is 1. The molecule has 1 aromatic carbocycles. The van der Waals surface area contributed by atoms with Gasteiger partial charge in [0.05, 0.1) is 17.2 Å². The summed E-state index contributed by atoms with van der Waals surface area (Å²) < 4.78 is 5.37. The molecule has 15 nitrogen and oxygen atoms in total. The van der Waals surface area contributed by atoms with Crippen LogP contribution in [0.2, 0.25) is 0 Å². The molecule has 6 N–H and O–H groups in total. The van der Waals surface area contributed by atoms with Crippen molar-refractivity contribution in [3.63, 3.8) is 0 Å². The Kier molecular flexibility index (Phi) is 7.57. The number of nitrogens with one attached hydrogen (secondary N) is 2. The first-order valence-electron chi connectivity index (χ1n) is 11.8. The lowest BCUT2D eigenvalue weighted by Gasteiger charge is -2.33. The molecular formula is C23H24BN5O10. The standard InChI is InChI=1S/C23H24BN5O10/c1-2-28-8-9-29(21(34)20(28)33)23(37)27-16(13-6-7-14(30)18(31)25-13)19(32)26-15-10-11-4-3-5-12(22(35)36)17(11)39-24(15)38/h3-7,15-16,30,38H,2,8-10H2,1H3,(H,25,31)(H,26,32)(H,27,37)(H,35,36)/t15-,16?/m0/s1. The number of para-hydroxylation sites is 1. The summed E-state index contributed by atoms with van der Waals surface area (Å²) in [6, 6.07) is 3.76. The number of carboxylic acids is 1. The summed E-state index contributed by atoms with van der Waals surface area (Å²) in [4.78, 5) is 68.1. The molecule has 2 aliphatic heterocycles. The molecule has 2 aromatic rings. The number of aromatic nitrogens is 1. The van der Waals surface area contributed by atoms with Crippen molar-refractivity contribution in [3.05, 3.63) is 47.2 Å². The number of pyridine rings is 1. The minimum atomic E-state index is -1.67. The smallest absolute Gasteiger partial charge is 0.534 e. The number of urea groups is 1. The number of amides is 5. The summed E-state index contributed by atoms with van der Waals surface area (Å²) in [6.45, 7) is 1.90. The van der Waals surface area contributed by atoms with Gasteiger partial charge in [0.25, 0.3) is 5.88 Å². The van der Waals surface area contributed by atoms with E-state index in [1.54, 1.807) is 13.0 Å². The molecule has 2 atom stereocenters. The molecule has 0 bridgehead atoms. The number of benzene rings is 1. The maximum absolute atomic E-state index is 13.4. The summed E-state index contributed by atoms with van der Waals surface area (Å²) in [7, 11) is -1.67. The highest BCUT2D eigenvalue weighted by Crippen LogP contribution is 2.30. The first kappa shape index (κ1) is 27.2. The van der Waals surface area contributed by atoms with Crippen molar-refractivity contribution in [1.29, 1.82) is 0 Å². The molecule has 3 heterocycles. The van der Waals surface area contributed by atoms with E-state index in [4.69, 9.17) is 4.65 Å². The largest absolute Gasteiger partial charge is 0.547 e. The molecule has 1 fully saturated rings. The van der Waals surface area contributed by atoms with Crippen LogP contribution in [0, 0.1) is 0 Å². The summed E-state index contributed by atoms with van der Waals surface area (Å²) in [5.74, 6) is -6.78. The Morgan fingerprint density at radius 2 is 1.90 bits per heavy atom. The average Bonchev–Trinajstić information content (AvgIpc) is 2.90. The summed E-state index contributed by atoms with van der Waals surface area (Å²) in [5.41, 5.74) is -0.0149. The fourth-order valence-corrected chi connectivity index (χ4v) is 4.24. The van der Waals surface area contributed by atoms with Crippen LogP contribution in [-0.4, -0.2) is 97.5 Å². The molecule has 39 heavy (non-hydrogen) atoms. The van der Waals surface area contributed by atoms with E-state index in [-0.39, 0.29) is 43.1 Å². The number of hydrogen-bond donors (Lipinski definition) is 6. The van der Waals surface area contributed by atoms with Crippen LogP contribution in [0.1, 0.15) is 34.6 Å². The van der Waals surface area contributed by atoms with E-state index in [2.05, 4.69) is 15.6 Å². The quantitative estimate of drug-likeness (QED) is 0.188. The fourth-order valence-electron chi connectivity index (χ4n) is 4.24. The number of carboxylic acid groups (broad SMARTS) is 1. The van der Waals surface area contributed by atoms with Gasteiger partial charge in [0, 0.05) is 19.6 Å². The van der Waals surface area contributed by atoms with E-state index >= 15 is 0 Å². The Labute approximate surface area is 221 Å². The molecule has 0 aliphatic carbocycles. The Hall–Kier alpha value is -4.86. The van der Waals surface area contributed by atoms with E-state index in [0.717, 1.165) is 12.1 Å². The van der Waals surface area contributed by atoms with Crippen LogP contribution < -0.4 is 15.3 Å². The molecule has 204 valence electrons. The second-order valence-corrected chi connectivity index (χ2v) is 8.73. The van der Waals surface area contributed by atoms with Gasteiger partial charge in [-0.2, -0.15) is 0 Å². The molecule has 16 heteroatoms. The molecule has 4 rings (SSSR count). The molecule has 0 radical (unpaired) electrons. The molecule has 5 amide bonds. The van der Waals surface area contributed by atoms with Crippen LogP contribution in [0.4, 0.5) is 4.79 Å². The van der Waals surface area contributed by atoms with Gasteiger partial charge < -0.3 is 40.5 Å². The number of carbonyl (C=O) groups is 5. The molecular weight excluding hydrogens is 517 g/mol. The van der Waals surface area contributed by atoms with Crippen molar-refractivity contribution in [1.82, 2.24) is 25.4 Å². The minimum Gasteiger partial charge on any atom is -0.534 e. The lowest BCUT2D eigenvalue weighted by molar-refractivity contribution is -0.153. The lowest BCUT2D eigenvalue weighted by atomic mass is 9.72. The number of aromatic hydroxyl groups is 2. The van der Waals surface area contributed by atoms with Gasteiger partial charge in [-0.05, 0) is 37.1 Å². The van der Waals surface area contributed by atoms with Crippen LogP contribution in [0.5, 0.6) is 17.4 Å². The number of likely N-dealkylation sites (N-methyl/N-ethyl adjacent to an activating group) is 1. The first-order valence-corrected chi connectivity index (χ1v) is 11.8. The normalized spacial score (nSPS) is 17.7. The van der Waals surface area contributed by atoms with Crippen molar-refractivity contribution in [2.24, 2.45) is 0 Å². The summed E-state index contributed by atoms with van der Waals surface area (Å²) >= 11 is 0. The maximum Gasteiger partial charge on any atom is 0.547 e. The molecule has 1 unspecified atom stereocenters. The van der Waals surface area contributed by atoms with Crippen molar-refractivity contribution in [2.45, 2.75) is 25.3 Å². The topological polar surface area (TPSA) is 219 Å². The van der Waals surface area contributed by atoms with Crippen molar-refractivity contribution >= 4 is 36.8 Å². The highest BCUT2D eigenvalue weighted by Gasteiger charge is 2.41. The molecule has 0 saturated carbocycles. The van der Waals surface area contributed by atoms with Gasteiger partial charge in [0.2, 0.25) is 5.91 Å². The summed E-state index contributed by atoms with van der Waals surface area (Å²) in [6.07, 6.45) is -0.0375. The van der Waals surface area contributed by atoms with Crippen LogP contribution in [0.3, 0.4) is 0 Å². The number of rotatable bonds is 6. The van der Waals surface area contributed by atoms with Gasteiger partial charge in [-0.15, -0.1) is 0 Å². The molecule has 1 saturated heterocycles. The van der Waals surface area contributed by atoms with Crippen LogP contribution in [0.25, 0.3) is 0 Å². The Bertz CT molecular complexity index is 1350. The monoisotopic (exact) mass is 541 g/mol. The number of hydrogen-bond acceptors (Lipinski definition) is 10.